The number of rotatable bonds is 4. The van der Waals surface area contributed by atoms with Gasteiger partial charge in [-0.25, -0.2) is 4.98 Å². The van der Waals surface area contributed by atoms with Crippen molar-refractivity contribution < 1.29 is 9.53 Å². The molecule has 2 aromatic carbocycles. The third-order valence-electron chi connectivity index (χ3n) is 5.79. The number of ether oxygens (including phenoxy) is 1. The summed E-state index contributed by atoms with van der Waals surface area (Å²) in [6, 6.07) is 18.5. The highest BCUT2D eigenvalue weighted by atomic mass is 16.5. The first kappa shape index (κ1) is 18.1. The number of fused-ring (bicyclic) bond motifs is 1. The number of aromatic nitrogens is 1. The molecule has 5 rings (SSSR count). The summed E-state index contributed by atoms with van der Waals surface area (Å²) >= 11 is 0. The summed E-state index contributed by atoms with van der Waals surface area (Å²) in [5.74, 6) is 0.836. The Bertz CT molecular complexity index is 1060. The molecule has 1 saturated carbocycles. The van der Waals surface area contributed by atoms with Gasteiger partial charge in [0, 0.05) is 24.5 Å². The predicted octanol–water partition coefficient (Wildman–Crippen LogP) is 4.01. The summed E-state index contributed by atoms with van der Waals surface area (Å²) in [6.07, 6.45) is 2.15. The van der Waals surface area contributed by atoms with E-state index in [9.17, 15) is 4.79 Å². The van der Waals surface area contributed by atoms with Crippen LogP contribution in [0.1, 0.15) is 40.4 Å². The summed E-state index contributed by atoms with van der Waals surface area (Å²) in [6.45, 7) is 4.24. The number of para-hydroxylation sites is 1. The molecule has 5 nitrogen and oxygen atoms in total. The zero-order valence-corrected chi connectivity index (χ0v) is 16.6. The lowest BCUT2D eigenvalue weighted by atomic mass is 10.0. The first-order valence-corrected chi connectivity index (χ1v) is 10.3. The molecule has 1 unspecified atom stereocenters. The topological polar surface area (TPSA) is 54.5 Å². The van der Waals surface area contributed by atoms with E-state index in [0.717, 1.165) is 42.7 Å². The van der Waals surface area contributed by atoms with Gasteiger partial charge >= 0.3 is 0 Å². The van der Waals surface area contributed by atoms with Crippen LogP contribution in [0.2, 0.25) is 0 Å². The Morgan fingerprint density at radius 3 is 2.76 bits per heavy atom. The van der Waals surface area contributed by atoms with E-state index < -0.39 is 0 Å². The van der Waals surface area contributed by atoms with Gasteiger partial charge in [0.25, 0.3) is 5.91 Å². The molecule has 2 fully saturated rings. The Morgan fingerprint density at radius 2 is 1.93 bits per heavy atom. The first-order chi connectivity index (χ1) is 14.2. The molecule has 3 aromatic rings. The third-order valence-corrected chi connectivity index (χ3v) is 5.79. The van der Waals surface area contributed by atoms with Crippen LogP contribution in [0, 0.1) is 6.92 Å². The van der Waals surface area contributed by atoms with Crippen LogP contribution in [0.25, 0.3) is 10.9 Å². The second kappa shape index (κ2) is 7.48. The zero-order valence-electron chi connectivity index (χ0n) is 16.6. The van der Waals surface area contributed by atoms with Gasteiger partial charge in [-0.15, -0.1) is 0 Å². The molecule has 5 heteroatoms. The largest absolute Gasteiger partial charge is 0.370 e. The van der Waals surface area contributed by atoms with Gasteiger partial charge in [0.15, 0.2) is 0 Å². The molecule has 1 N–H and O–H groups in total. The van der Waals surface area contributed by atoms with Crippen LogP contribution < -0.4 is 10.2 Å². The number of hydrogen-bond acceptors (Lipinski definition) is 4. The minimum Gasteiger partial charge on any atom is -0.370 e. The number of aryl methyl sites for hydroxylation is 1. The highest BCUT2D eigenvalue weighted by Gasteiger charge is 2.27. The molecule has 1 atom stereocenters. The molecular weight excluding hydrogens is 362 g/mol. The fraction of sp³-hybridized carbons (Fsp3) is 0.333. The Balaban J connectivity index is 1.49. The average molecular weight is 387 g/mol. The van der Waals surface area contributed by atoms with Gasteiger partial charge in [0.2, 0.25) is 0 Å². The number of morpholine rings is 1. The summed E-state index contributed by atoms with van der Waals surface area (Å²) in [5, 5.41) is 4.03. The van der Waals surface area contributed by atoms with E-state index >= 15 is 0 Å². The van der Waals surface area contributed by atoms with Crippen molar-refractivity contribution in [2.75, 3.05) is 24.6 Å². The number of nitrogens with zero attached hydrogens (tertiary/aromatic N) is 2. The molecule has 1 saturated heterocycles. The molecule has 0 bridgehead atoms. The highest BCUT2D eigenvalue weighted by molar-refractivity contribution is 6.07. The van der Waals surface area contributed by atoms with Gasteiger partial charge in [-0.1, -0.05) is 42.5 Å². The Hall–Kier alpha value is -2.92. The fourth-order valence-electron chi connectivity index (χ4n) is 4.00. The van der Waals surface area contributed by atoms with Crippen LogP contribution in [0.4, 0.5) is 5.82 Å². The van der Waals surface area contributed by atoms with Crippen molar-refractivity contribution in [2.24, 2.45) is 0 Å². The van der Waals surface area contributed by atoms with Crippen molar-refractivity contribution in [1.29, 1.82) is 0 Å². The molecular formula is C24H25N3O2. The van der Waals surface area contributed by atoms with E-state index in [-0.39, 0.29) is 12.0 Å². The van der Waals surface area contributed by atoms with Gasteiger partial charge in [-0.3, -0.25) is 4.79 Å². The fourth-order valence-corrected chi connectivity index (χ4v) is 4.00. The molecule has 1 aliphatic heterocycles. The van der Waals surface area contributed by atoms with Gasteiger partial charge in [0.05, 0.1) is 17.7 Å². The van der Waals surface area contributed by atoms with Crippen molar-refractivity contribution in [1.82, 2.24) is 10.3 Å². The lowest BCUT2D eigenvalue weighted by Gasteiger charge is -2.35. The Morgan fingerprint density at radius 1 is 1.14 bits per heavy atom. The smallest absolute Gasteiger partial charge is 0.252 e. The van der Waals surface area contributed by atoms with Crippen LogP contribution in [0.3, 0.4) is 0 Å². The summed E-state index contributed by atoms with van der Waals surface area (Å²) in [4.78, 5) is 20.0. The maximum absolute atomic E-state index is 12.9. The highest BCUT2D eigenvalue weighted by Crippen LogP contribution is 2.30. The molecule has 2 aliphatic rings. The van der Waals surface area contributed by atoms with Crippen LogP contribution >= 0.6 is 0 Å². The summed E-state index contributed by atoms with van der Waals surface area (Å²) < 4.78 is 6.07. The second-order valence-corrected chi connectivity index (χ2v) is 7.95. The minimum absolute atomic E-state index is 0.00182. The molecule has 2 heterocycles. The van der Waals surface area contributed by atoms with Crippen LogP contribution in [0.5, 0.6) is 0 Å². The van der Waals surface area contributed by atoms with Crippen molar-refractivity contribution in [3.05, 3.63) is 71.3 Å². The average Bonchev–Trinajstić information content (AvgIpc) is 3.57. The maximum atomic E-state index is 12.9. The predicted molar refractivity (Wildman–Crippen MR) is 114 cm³/mol. The number of hydrogen-bond donors (Lipinski definition) is 1. The SMILES string of the molecule is Cc1ccccc1C1CN(c2cc(C(=O)NC3CC3)c3ccccc3n2)CCO1. The second-order valence-electron chi connectivity index (χ2n) is 7.95. The van der Waals surface area contributed by atoms with E-state index in [0.29, 0.717) is 18.2 Å². The summed E-state index contributed by atoms with van der Waals surface area (Å²) in [7, 11) is 0. The molecule has 148 valence electrons. The number of pyridine rings is 1. The number of anilines is 1. The first-order valence-electron chi connectivity index (χ1n) is 10.3. The van der Waals surface area contributed by atoms with Crippen LogP contribution in [-0.2, 0) is 4.74 Å². The third kappa shape index (κ3) is 3.70. The van der Waals surface area contributed by atoms with Crippen molar-refractivity contribution >= 4 is 22.6 Å². The monoisotopic (exact) mass is 387 g/mol. The molecule has 1 amide bonds. The Kier molecular flexibility index (Phi) is 4.68. The van der Waals surface area contributed by atoms with Crippen molar-refractivity contribution in [3.8, 4) is 0 Å². The van der Waals surface area contributed by atoms with Gasteiger partial charge in [-0.2, -0.15) is 0 Å². The zero-order chi connectivity index (χ0) is 19.8. The van der Waals surface area contributed by atoms with Crippen molar-refractivity contribution in [3.63, 3.8) is 0 Å². The molecule has 1 aliphatic carbocycles. The number of nitrogens with one attached hydrogen (secondary N) is 1. The molecule has 1 aromatic heterocycles. The number of benzene rings is 2. The van der Waals surface area contributed by atoms with Gasteiger partial charge < -0.3 is 15.0 Å². The number of carbonyl (C=O) groups is 1. The quantitative estimate of drug-likeness (QED) is 0.735. The van der Waals surface area contributed by atoms with E-state index in [2.05, 4.69) is 41.4 Å². The van der Waals surface area contributed by atoms with Gasteiger partial charge in [-0.05, 0) is 43.0 Å². The van der Waals surface area contributed by atoms with Gasteiger partial charge in [0.1, 0.15) is 11.9 Å². The van der Waals surface area contributed by atoms with E-state index in [4.69, 9.17) is 9.72 Å². The Labute approximate surface area is 170 Å². The molecule has 29 heavy (non-hydrogen) atoms. The van der Waals surface area contributed by atoms with E-state index in [1.165, 1.54) is 11.1 Å². The normalized spacial score (nSPS) is 19.3. The van der Waals surface area contributed by atoms with Crippen molar-refractivity contribution in [2.45, 2.75) is 31.9 Å². The standard InChI is InChI=1S/C24H25N3O2/c1-16-6-2-3-7-18(16)22-15-27(12-13-29-22)23-14-20(24(28)25-17-10-11-17)19-8-4-5-9-21(19)26-23/h2-9,14,17,22H,10-13,15H2,1H3,(H,25,28). The molecule has 0 spiro atoms. The minimum atomic E-state index is -0.00365. The lowest BCUT2D eigenvalue weighted by Crippen LogP contribution is -2.39. The molecule has 0 radical (unpaired) electrons. The maximum Gasteiger partial charge on any atom is 0.252 e. The van der Waals surface area contributed by atoms with E-state index in [1.54, 1.807) is 0 Å². The lowest BCUT2D eigenvalue weighted by molar-refractivity contribution is 0.0391. The van der Waals surface area contributed by atoms with E-state index in [1.807, 2.05) is 30.3 Å². The van der Waals surface area contributed by atoms with Crippen LogP contribution in [-0.4, -0.2) is 36.6 Å². The number of amides is 1. The number of carbonyl (C=O) groups excluding carboxylic acids is 1. The summed E-state index contributed by atoms with van der Waals surface area (Å²) in [5.41, 5.74) is 4.00. The van der Waals surface area contributed by atoms with Crippen LogP contribution in [0.15, 0.2) is 54.6 Å².